The molecule has 0 aliphatic heterocycles. The first-order chi connectivity index (χ1) is 13.5. The van der Waals surface area contributed by atoms with Gasteiger partial charge in [-0.25, -0.2) is 4.98 Å². The van der Waals surface area contributed by atoms with Gasteiger partial charge in [-0.1, -0.05) is 48.5 Å². The van der Waals surface area contributed by atoms with Gasteiger partial charge in [-0.15, -0.1) is 0 Å². The predicted octanol–water partition coefficient (Wildman–Crippen LogP) is 2.42. The van der Waals surface area contributed by atoms with E-state index in [9.17, 15) is 14.7 Å². The van der Waals surface area contributed by atoms with Crippen molar-refractivity contribution in [3.05, 3.63) is 82.3 Å². The van der Waals surface area contributed by atoms with Crippen LogP contribution in [0.15, 0.2) is 65.5 Å². The number of para-hydroxylation sites is 1. The summed E-state index contributed by atoms with van der Waals surface area (Å²) in [7, 11) is 1.68. The number of likely N-dealkylation sites (N-methyl/N-ethyl adjacent to an activating group) is 1. The van der Waals surface area contributed by atoms with Crippen LogP contribution in [0.3, 0.4) is 0 Å². The van der Waals surface area contributed by atoms with Crippen molar-refractivity contribution in [3.63, 3.8) is 0 Å². The molecule has 0 saturated heterocycles. The summed E-state index contributed by atoms with van der Waals surface area (Å²) in [6.45, 7) is 1.46. The monoisotopic (exact) mass is 377 g/mol. The van der Waals surface area contributed by atoms with Gasteiger partial charge in [-0.2, -0.15) is 0 Å². The van der Waals surface area contributed by atoms with Crippen molar-refractivity contribution in [2.75, 3.05) is 18.6 Å². The quantitative estimate of drug-likeness (QED) is 0.716. The number of nitrogens with zero attached hydrogens (tertiary/aromatic N) is 3. The minimum atomic E-state index is -0.296. The second kappa shape index (κ2) is 8.63. The van der Waals surface area contributed by atoms with Gasteiger partial charge in [0.15, 0.2) is 0 Å². The molecule has 0 aliphatic rings. The van der Waals surface area contributed by atoms with Crippen molar-refractivity contribution < 1.29 is 9.90 Å². The van der Waals surface area contributed by atoms with Crippen LogP contribution >= 0.6 is 0 Å². The van der Waals surface area contributed by atoms with Crippen LogP contribution in [0.25, 0.3) is 11.4 Å². The Bertz CT molecular complexity index is 1010. The molecule has 144 valence electrons. The van der Waals surface area contributed by atoms with Crippen LogP contribution in [0.4, 0.5) is 5.69 Å². The molecule has 6 nitrogen and oxygen atoms in total. The fraction of sp³-hybridized carbons (Fsp3) is 0.227. The number of aliphatic hydroxyl groups excluding tert-OH is 1. The van der Waals surface area contributed by atoms with Gasteiger partial charge in [0.2, 0.25) is 5.91 Å². The van der Waals surface area contributed by atoms with Crippen LogP contribution < -0.4 is 10.5 Å². The van der Waals surface area contributed by atoms with Crippen LogP contribution in [-0.4, -0.2) is 34.2 Å². The van der Waals surface area contributed by atoms with Crippen LogP contribution in [0.5, 0.6) is 0 Å². The zero-order valence-corrected chi connectivity index (χ0v) is 16.0. The van der Waals surface area contributed by atoms with E-state index in [-0.39, 0.29) is 31.0 Å². The average molecular weight is 377 g/mol. The number of carbonyl (C=O) groups excluding carboxylic acids is 1. The van der Waals surface area contributed by atoms with Gasteiger partial charge in [-0.05, 0) is 19.1 Å². The summed E-state index contributed by atoms with van der Waals surface area (Å²) >= 11 is 0. The zero-order valence-electron chi connectivity index (χ0n) is 16.0. The number of aryl methyl sites for hydroxylation is 1. The average Bonchev–Trinajstić information content (AvgIpc) is 2.73. The molecule has 28 heavy (non-hydrogen) atoms. The molecule has 6 heteroatoms. The lowest BCUT2D eigenvalue weighted by Crippen LogP contribution is -2.36. The normalized spacial score (nSPS) is 10.7. The Balaban J connectivity index is 2.06. The lowest BCUT2D eigenvalue weighted by molar-refractivity contribution is -0.118. The Morgan fingerprint density at radius 2 is 1.68 bits per heavy atom. The smallest absolute Gasteiger partial charge is 0.257 e. The Morgan fingerprint density at radius 3 is 2.29 bits per heavy atom. The number of rotatable bonds is 6. The second-order valence-electron chi connectivity index (χ2n) is 6.52. The number of benzene rings is 2. The molecule has 0 unspecified atom stereocenters. The van der Waals surface area contributed by atoms with Crippen LogP contribution in [0.2, 0.25) is 0 Å². The van der Waals surface area contributed by atoms with E-state index in [1.165, 1.54) is 9.47 Å². The lowest BCUT2D eigenvalue weighted by atomic mass is 10.1. The fourth-order valence-corrected chi connectivity index (χ4v) is 3.09. The Labute approximate surface area is 163 Å². The summed E-state index contributed by atoms with van der Waals surface area (Å²) in [6, 6.07) is 18.6. The first kappa shape index (κ1) is 19.5. The molecule has 0 spiro atoms. The predicted molar refractivity (Wildman–Crippen MR) is 109 cm³/mol. The van der Waals surface area contributed by atoms with Crippen molar-refractivity contribution >= 4 is 11.6 Å². The topological polar surface area (TPSA) is 75.4 Å². The second-order valence-corrected chi connectivity index (χ2v) is 6.52. The standard InChI is InChI=1S/C22H23N3O3/c1-16-19(13-14-26)22(28)25(21(23-16)17-9-5-3-6-10-17)15-20(27)24(2)18-11-7-4-8-12-18/h3-12,26H,13-15H2,1-2H3. The van der Waals surface area contributed by atoms with E-state index < -0.39 is 0 Å². The van der Waals surface area contributed by atoms with Crippen molar-refractivity contribution in [1.29, 1.82) is 0 Å². The summed E-state index contributed by atoms with van der Waals surface area (Å²) in [6.07, 6.45) is 0.204. The number of anilines is 1. The van der Waals surface area contributed by atoms with E-state index in [2.05, 4.69) is 4.98 Å². The molecule has 1 amide bonds. The summed E-state index contributed by atoms with van der Waals surface area (Å²) in [5, 5.41) is 9.31. The number of aromatic nitrogens is 2. The van der Waals surface area contributed by atoms with E-state index in [1.54, 1.807) is 14.0 Å². The molecule has 2 aromatic carbocycles. The minimum Gasteiger partial charge on any atom is -0.396 e. The molecule has 0 atom stereocenters. The van der Waals surface area contributed by atoms with Gasteiger partial charge >= 0.3 is 0 Å². The molecule has 0 radical (unpaired) electrons. The third-order valence-electron chi connectivity index (χ3n) is 4.67. The Hall–Kier alpha value is -3.25. The molecule has 1 N–H and O–H groups in total. The first-order valence-corrected chi connectivity index (χ1v) is 9.11. The Morgan fingerprint density at radius 1 is 1.07 bits per heavy atom. The number of carbonyl (C=O) groups is 1. The maximum atomic E-state index is 13.1. The van der Waals surface area contributed by atoms with E-state index in [0.29, 0.717) is 17.1 Å². The third-order valence-corrected chi connectivity index (χ3v) is 4.67. The van der Waals surface area contributed by atoms with Crippen molar-refractivity contribution in [1.82, 2.24) is 9.55 Å². The van der Waals surface area contributed by atoms with Crippen LogP contribution in [0.1, 0.15) is 11.3 Å². The van der Waals surface area contributed by atoms with E-state index >= 15 is 0 Å². The largest absolute Gasteiger partial charge is 0.396 e. The van der Waals surface area contributed by atoms with Crippen LogP contribution in [-0.2, 0) is 17.8 Å². The van der Waals surface area contributed by atoms with Crippen molar-refractivity contribution in [3.8, 4) is 11.4 Å². The molecule has 1 heterocycles. The van der Waals surface area contributed by atoms with E-state index in [4.69, 9.17) is 0 Å². The minimum absolute atomic E-state index is 0.139. The van der Waals surface area contributed by atoms with Crippen molar-refractivity contribution in [2.45, 2.75) is 19.9 Å². The highest BCUT2D eigenvalue weighted by molar-refractivity contribution is 5.92. The summed E-state index contributed by atoms with van der Waals surface area (Å²) in [5.74, 6) is 0.214. The van der Waals surface area contributed by atoms with Gasteiger partial charge in [0.05, 0.1) is 0 Å². The Kier molecular flexibility index (Phi) is 6.01. The molecule has 3 rings (SSSR count). The van der Waals surface area contributed by atoms with Gasteiger partial charge in [0.25, 0.3) is 5.56 Å². The number of aliphatic hydroxyl groups is 1. The highest BCUT2D eigenvalue weighted by atomic mass is 16.3. The zero-order chi connectivity index (χ0) is 20.1. The molecule has 1 aromatic heterocycles. The molecule has 0 aliphatic carbocycles. The summed E-state index contributed by atoms with van der Waals surface area (Å²) < 4.78 is 1.40. The van der Waals surface area contributed by atoms with Crippen molar-refractivity contribution in [2.24, 2.45) is 0 Å². The van der Waals surface area contributed by atoms with Gasteiger partial charge in [0.1, 0.15) is 12.4 Å². The van der Waals surface area contributed by atoms with Crippen LogP contribution in [0, 0.1) is 6.92 Å². The van der Waals surface area contributed by atoms with Gasteiger partial charge in [-0.3, -0.25) is 14.2 Å². The first-order valence-electron chi connectivity index (χ1n) is 9.11. The highest BCUT2D eigenvalue weighted by Crippen LogP contribution is 2.18. The lowest BCUT2D eigenvalue weighted by Gasteiger charge is -2.20. The molecular weight excluding hydrogens is 354 g/mol. The summed E-state index contributed by atoms with van der Waals surface area (Å²) in [4.78, 5) is 32.1. The maximum absolute atomic E-state index is 13.1. The summed E-state index contributed by atoms with van der Waals surface area (Å²) in [5.41, 5.74) is 2.21. The van der Waals surface area contributed by atoms with E-state index in [1.807, 2.05) is 60.7 Å². The molecule has 0 saturated carbocycles. The fourth-order valence-electron chi connectivity index (χ4n) is 3.09. The molecular formula is C22H23N3O3. The number of amides is 1. The van der Waals surface area contributed by atoms with E-state index in [0.717, 1.165) is 11.3 Å². The molecule has 3 aromatic rings. The molecule has 0 fully saturated rings. The van der Waals surface area contributed by atoms with Gasteiger partial charge in [0, 0.05) is 42.6 Å². The third kappa shape index (κ3) is 4.02. The highest BCUT2D eigenvalue weighted by Gasteiger charge is 2.19. The molecule has 0 bridgehead atoms. The number of hydrogen-bond acceptors (Lipinski definition) is 4. The van der Waals surface area contributed by atoms with Gasteiger partial charge < -0.3 is 10.0 Å². The SMILES string of the molecule is Cc1nc(-c2ccccc2)n(CC(=O)N(C)c2ccccc2)c(=O)c1CCO. The maximum Gasteiger partial charge on any atom is 0.257 e. The number of hydrogen-bond donors (Lipinski definition) is 1.